The van der Waals surface area contributed by atoms with E-state index < -0.39 is 34.5 Å². The van der Waals surface area contributed by atoms with Crippen molar-refractivity contribution in [3.05, 3.63) is 34.9 Å². The van der Waals surface area contributed by atoms with Gasteiger partial charge in [0.05, 0.1) is 30.2 Å². The van der Waals surface area contributed by atoms with Gasteiger partial charge in [-0.2, -0.15) is 15.8 Å². The van der Waals surface area contributed by atoms with Crippen molar-refractivity contribution >= 4 is 17.5 Å². The van der Waals surface area contributed by atoms with Crippen LogP contribution < -0.4 is 0 Å². The van der Waals surface area contributed by atoms with Crippen molar-refractivity contribution in [2.45, 2.75) is 45.5 Å². The Morgan fingerprint density at radius 3 is 2.14 bits per heavy atom. The molecule has 4 unspecified atom stereocenters. The summed E-state index contributed by atoms with van der Waals surface area (Å²) in [5.74, 6) is -2.72. The van der Waals surface area contributed by atoms with Crippen LogP contribution in [0, 0.1) is 62.1 Å². The number of nitriles is 3. The van der Waals surface area contributed by atoms with Crippen LogP contribution in [0.4, 0.5) is 0 Å². The molecule has 2 aliphatic heterocycles. The van der Waals surface area contributed by atoms with Gasteiger partial charge in [0.15, 0.2) is 10.8 Å². The minimum atomic E-state index is -1.85. The predicted octanol–water partition coefficient (Wildman–Crippen LogP) is 4.51. The van der Waals surface area contributed by atoms with Crippen LogP contribution in [0.1, 0.15) is 39.2 Å². The molecule has 7 heteroatoms. The van der Waals surface area contributed by atoms with E-state index in [4.69, 9.17) is 26.5 Å². The Kier molecular flexibility index (Phi) is 4.88. The monoisotopic (exact) mass is 396 g/mol. The fourth-order valence-corrected chi connectivity index (χ4v) is 4.87. The number of benzene rings is 1. The van der Waals surface area contributed by atoms with Crippen LogP contribution in [0.2, 0.25) is 5.02 Å². The number of ether oxygens (including phenoxy) is 2. The fourth-order valence-electron chi connectivity index (χ4n) is 4.74. The molecule has 3 rings (SSSR count). The molecule has 2 aliphatic rings. The number of nitrogens with zero attached hydrogens (tertiary/aromatic N) is 3. The van der Waals surface area contributed by atoms with Crippen LogP contribution >= 0.6 is 11.6 Å². The highest BCUT2D eigenvalue weighted by Crippen LogP contribution is 2.66. The van der Waals surface area contributed by atoms with E-state index >= 15 is 0 Å². The Hall–Kier alpha value is -2.59. The molecule has 0 aliphatic carbocycles. The van der Waals surface area contributed by atoms with Crippen molar-refractivity contribution < 1.29 is 9.47 Å². The van der Waals surface area contributed by atoms with Crippen molar-refractivity contribution in [2.24, 2.45) is 22.7 Å². The number of hydrogen-bond acceptors (Lipinski definition) is 6. The van der Waals surface area contributed by atoms with Gasteiger partial charge < -0.3 is 9.47 Å². The van der Waals surface area contributed by atoms with Crippen molar-refractivity contribution in [3.8, 4) is 18.2 Å². The van der Waals surface area contributed by atoms with Crippen LogP contribution in [0.25, 0.3) is 0 Å². The van der Waals surface area contributed by atoms with Crippen LogP contribution in [-0.2, 0) is 15.3 Å². The molecule has 2 fully saturated rings. The van der Waals surface area contributed by atoms with Crippen molar-refractivity contribution in [1.82, 2.24) is 0 Å². The Bertz CT molecular complexity index is 908. The van der Waals surface area contributed by atoms with Gasteiger partial charge in [0, 0.05) is 10.6 Å². The lowest BCUT2D eigenvalue weighted by atomic mass is 9.52. The van der Waals surface area contributed by atoms with E-state index in [0.29, 0.717) is 23.4 Å². The SMILES string of the molecule is CCC(CC)C1OC2(c3ccc(Cl)cc3)OC(=N)C(C#N)(C2C)C1(C#N)C#N. The first-order valence-electron chi connectivity index (χ1n) is 9.29. The number of fused-ring (bicyclic) bond motifs is 2. The molecule has 2 heterocycles. The van der Waals surface area contributed by atoms with E-state index in [9.17, 15) is 15.8 Å². The number of nitrogens with one attached hydrogen (secondary N) is 1. The second-order valence-electron chi connectivity index (χ2n) is 7.39. The molecule has 1 N–H and O–H groups in total. The third kappa shape index (κ3) is 2.18. The van der Waals surface area contributed by atoms with Crippen LogP contribution in [0.15, 0.2) is 24.3 Å². The maximum atomic E-state index is 10.2. The summed E-state index contributed by atoms with van der Waals surface area (Å²) in [6.45, 7) is 5.61. The maximum Gasteiger partial charge on any atom is 0.243 e. The van der Waals surface area contributed by atoms with Gasteiger partial charge in [-0.3, -0.25) is 5.41 Å². The van der Waals surface area contributed by atoms with E-state index in [0.717, 1.165) is 0 Å². The van der Waals surface area contributed by atoms with E-state index in [1.165, 1.54) is 0 Å². The molecule has 28 heavy (non-hydrogen) atoms. The molecule has 2 saturated heterocycles. The van der Waals surface area contributed by atoms with Gasteiger partial charge in [-0.25, -0.2) is 0 Å². The average Bonchev–Trinajstić information content (AvgIpc) is 2.86. The molecular weight excluding hydrogens is 376 g/mol. The zero-order valence-corrected chi connectivity index (χ0v) is 16.7. The second kappa shape index (κ2) is 6.78. The number of halogens is 1. The average molecular weight is 397 g/mol. The van der Waals surface area contributed by atoms with Crippen LogP contribution in [0.5, 0.6) is 0 Å². The molecule has 144 valence electrons. The molecule has 6 nitrogen and oxygen atoms in total. The molecule has 1 aromatic rings. The summed E-state index contributed by atoms with van der Waals surface area (Å²) in [4.78, 5) is 0. The molecule has 0 amide bonds. The first-order chi connectivity index (χ1) is 13.3. The highest BCUT2D eigenvalue weighted by Gasteiger charge is 2.80. The number of rotatable bonds is 4. The third-order valence-corrected chi connectivity index (χ3v) is 6.69. The van der Waals surface area contributed by atoms with E-state index in [-0.39, 0.29) is 5.92 Å². The molecule has 4 atom stereocenters. The number of hydrogen-bond donors (Lipinski definition) is 1. The maximum absolute atomic E-state index is 10.2. The summed E-state index contributed by atoms with van der Waals surface area (Å²) < 4.78 is 12.4. The van der Waals surface area contributed by atoms with Gasteiger partial charge in [0.2, 0.25) is 11.7 Å². The lowest BCUT2D eigenvalue weighted by molar-refractivity contribution is -0.296. The second-order valence-corrected chi connectivity index (χ2v) is 7.83. The van der Waals surface area contributed by atoms with Gasteiger partial charge in [-0.05, 0) is 18.1 Å². The summed E-state index contributed by atoms with van der Waals surface area (Å²) in [6, 6.07) is 13.1. The van der Waals surface area contributed by atoms with E-state index in [1.807, 2.05) is 13.8 Å². The van der Waals surface area contributed by atoms with Crippen molar-refractivity contribution in [2.75, 3.05) is 0 Å². The molecule has 0 aromatic heterocycles. The smallest absolute Gasteiger partial charge is 0.243 e. The van der Waals surface area contributed by atoms with Crippen LogP contribution in [0.3, 0.4) is 0 Å². The first-order valence-corrected chi connectivity index (χ1v) is 9.66. The molecule has 0 spiro atoms. The minimum Gasteiger partial charge on any atom is -0.443 e. The van der Waals surface area contributed by atoms with E-state index in [1.54, 1.807) is 31.2 Å². The van der Waals surface area contributed by atoms with E-state index in [2.05, 4.69) is 18.2 Å². The topological polar surface area (TPSA) is 114 Å². The molecule has 2 bridgehead atoms. The van der Waals surface area contributed by atoms with Gasteiger partial charge in [0.25, 0.3) is 0 Å². The Morgan fingerprint density at radius 1 is 1.11 bits per heavy atom. The molecular formula is C21H21ClN4O2. The Morgan fingerprint density at radius 2 is 1.68 bits per heavy atom. The quantitative estimate of drug-likeness (QED) is 0.803. The van der Waals surface area contributed by atoms with Crippen LogP contribution in [-0.4, -0.2) is 12.0 Å². The summed E-state index contributed by atoms with van der Waals surface area (Å²) in [5, 5.41) is 39.5. The highest BCUT2D eigenvalue weighted by molar-refractivity contribution is 6.30. The van der Waals surface area contributed by atoms with Crippen molar-refractivity contribution in [3.63, 3.8) is 0 Å². The Labute approximate surface area is 169 Å². The standard InChI is InChI=1S/C21H21ClN4O2/c1-4-14(5-2)17-19(10-23,11-24)20(12-25)13(3)21(27-17,28-18(20)26)15-6-8-16(22)9-7-15/h6-9,13-14,17,26H,4-5H2,1-3H3. The lowest BCUT2D eigenvalue weighted by Gasteiger charge is -2.50. The summed E-state index contributed by atoms with van der Waals surface area (Å²) in [6.07, 6.45) is 0.435. The summed E-state index contributed by atoms with van der Waals surface area (Å²) in [7, 11) is 0. The lowest BCUT2D eigenvalue weighted by Crippen LogP contribution is -2.62. The van der Waals surface area contributed by atoms with Gasteiger partial charge in [0.1, 0.15) is 0 Å². The summed E-state index contributed by atoms with van der Waals surface area (Å²) >= 11 is 6.02. The fraction of sp³-hybridized carbons (Fsp3) is 0.524. The van der Waals surface area contributed by atoms with Gasteiger partial charge in [-0.1, -0.05) is 57.3 Å². The Balaban J connectivity index is 2.33. The predicted molar refractivity (Wildman–Crippen MR) is 102 cm³/mol. The molecule has 0 saturated carbocycles. The summed E-state index contributed by atoms with van der Waals surface area (Å²) in [5.41, 5.74) is -2.98. The van der Waals surface area contributed by atoms with Gasteiger partial charge in [-0.15, -0.1) is 0 Å². The highest BCUT2D eigenvalue weighted by atomic mass is 35.5. The largest absolute Gasteiger partial charge is 0.443 e. The zero-order chi connectivity index (χ0) is 20.7. The normalized spacial score (nSPS) is 32.9. The van der Waals surface area contributed by atoms with Gasteiger partial charge >= 0.3 is 0 Å². The molecule has 1 aromatic carbocycles. The molecule has 0 radical (unpaired) electrons. The first kappa shape index (κ1) is 20.2. The van der Waals surface area contributed by atoms with Crippen molar-refractivity contribution in [1.29, 1.82) is 21.2 Å². The minimum absolute atomic E-state index is 0.152. The zero-order valence-electron chi connectivity index (χ0n) is 16.0. The third-order valence-electron chi connectivity index (χ3n) is 6.43.